The number of anilines is 2. The van der Waals surface area contributed by atoms with Crippen LogP contribution in [-0.4, -0.2) is 51.8 Å². The molecule has 18 heavy (non-hydrogen) atoms. The zero-order chi connectivity index (χ0) is 12.5. The van der Waals surface area contributed by atoms with Crippen LogP contribution in [0.4, 0.5) is 11.4 Å². The maximum atomic E-state index is 5.53. The molecule has 0 spiro atoms. The van der Waals surface area contributed by atoms with Crippen molar-refractivity contribution in [2.45, 2.75) is 6.42 Å². The molecular weight excluding hydrogens is 226 g/mol. The van der Waals surface area contributed by atoms with Gasteiger partial charge in [0.15, 0.2) is 0 Å². The lowest BCUT2D eigenvalue weighted by atomic mass is 10.1. The maximum absolute atomic E-state index is 5.53. The highest BCUT2D eigenvalue weighted by Gasteiger charge is 2.20. The molecule has 4 nitrogen and oxygen atoms in total. The Morgan fingerprint density at radius 2 is 1.94 bits per heavy atom. The molecule has 2 aliphatic heterocycles. The number of benzene rings is 1. The smallest absolute Gasteiger partial charge is 0.126 e. The van der Waals surface area contributed by atoms with Crippen molar-refractivity contribution < 1.29 is 4.74 Å². The molecule has 1 aromatic carbocycles. The minimum absolute atomic E-state index is 1.03. The van der Waals surface area contributed by atoms with Crippen molar-refractivity contribution in [1.82, 2.24) is 4.90 Å². The van der Waals surface area contributed by atoms with Crippen LogP contribution in [0.3, 0.4) is 0 Å². The molecule has 4 heteroatoms. The van der Waals surface area contributed by atoms with Gasteiger partial charge in [0.1, 0.15) is 5.75 Å². The minimum atomic E-state index is 1.03. The van der Waals surface area contributed by atoms with Crippen LogP contribution in [0.5, 0.6) is 5.75 Å². The second kappa shape index (κ2) is 4.69. The van der Waals surface area contributed by atoms with Gasteiger partial charge in [-0.15, -0.1) is 0 Å². The molecule has 0 bridgehead atoms. The molecule has 1 N–H and O–H groups in total. The van der Waals surface area contributed by atoms with Crippen molar-refractivity contribution in [3.05, 3.63) is 17.7 Å². The van der Waals surface area contributed by atoms with Gasteiger partial charge in [0.25, 0.3) is 0 Å². The van der Waals surface area contributed by atoms with Crippen LogP contribution >= 0.6 is 0 Å². The molecule has 98 valence electrons. The Morgan fingerprint density at radius 3 is 2.67 bits per heavy atom. The van der Waals surface area contributed by atoms with Gasteiger partial charge in [-0.2, -0.15) is 0 Å². The quantitative estimate of drug-likeness (QED) is 0.855. The van der Waals surface area contributed by atoms with Gasteiger partial charge in [-0.05, 0) is 19.5 Å². The molecule has 2 aliphatic rings. The third kappa shape index (κ3) is 2.01. The highest BCUT2D eigenvalue weighted by molar-refractivity contribution is 5.70. The van der Waals surface area contributed by atoms with E-state index in [0.717, 1.165) is 44.9 Å². The number of nitrogens with zero attached hydrogens (tertiary/aromatic N) is 2. The van der Waals surface area contributed by atoms with E-state index in [1.165, 1.54) is 16.9 Å². The third-order valence-corrected chi connectivity index (χ3v) is 3.97. The number of piperazine rings is 1. The molecule has 0 aromatic heterocycles. The second-order valence-corrected chi connectivity index (χ2v) is 5.14. The summed E-state index contributed by atoms with van der Waals surface area (Å²) in [6.07, 6.45) is 1.07. The molecule has 0 atom stereocenters. The third-order valence-electron chi connectivity index (χ3n) is 3.97. The number of ether oxygens (including phenoxy) is 1. The molecule has 0 unspecified atom stereocenters. The maximum Gasteiger partial charge on any atom is 0.126 e. The van der Waals surface area contributed by atoms with Crippen molar-refractivity contribution >= 4 is 11.4 Å². The average Bonchev–Trinajstić information content (AvgIpc) is 2.86. The number of fused-ring (bicyclic) bond motifs is 1. The van der Waals surface area contributed by atoms with Crippen LogP contribution in [0.15, 0.2) is 12.1 Å². The first kappa shape index (κ1) is 11.7. The zero-order valence-corrected chi connectivity index (χ0v) is 11.2. The van der Waals surface area contributed by atoms with E-state index in [9.17, 15) is 0 Å². The van der Waals surface area contributed by atoms with Crippen molar-refractivity contribution in [2.75, 3.05) is 57.1 Å². The number of rotatable bonds is 2. The molecule has 1 fully saturated rings. The Morgan fingerprint density at radius 1 is 1.17 bits per heavy atom. The van der Waals surface area contributed by atoms with E-state index in [1.54, 1.807) is 7.11 Å². The van der Waals surface area contributed by atoms with Gasteiger partial charge >= 0.3 is 0 Å². The lowest BCUT2D eigenvalue weighted by Crippen LogP contribution is -2.44. The van der Waals surface area contributed by atoms with Crippen molar-refractivity contribution in [1.29, 1.82) is 0 Å². The van der Waals surface area contributed by atoms with Crippen LogP contribution in [0.2, 0.25) is 0 Å². The van der Waals surface area contributed by atoms with E-state index in [2.05, 4.69) is 34.3 Å². The number of hydrogen-bond donors (Lipinski definition) is 1. The highest BCUT2D eigenvalue weighted by atomic mass is 16.5. The lowest BCUT2D eigenvalue weighted by Gasteiger charge is -2.34. The van der Waals surface area contributed by atoms with Crippen molar-refractivity contribution in [2.24, 2.45) is 0 Å². The van der Waals surface area contributed by atoms with E-state index in [4.69, 9.17) is 4.74 Å². The summed E-state index contributed by atoms with van der Waals surface area (Å²) in [6.45, 7) is 5.48. The molecule has 2 heterocycles. The van der Waals surface area contributed by atoms with Crippen LogP contribution in [0.25, 0.3) is 0 Å². The molecule has 1 saturated heterocycles. The summed E-state index contributed by atoms with van der Waals surface area (Å²) in [5.41, 5.74) is 3.87. The van der Waals surface area contributed by atoms with Gasteiger partial charge in [-0.1, -0.05) is 0 Å². The standard InChI is InChI=1S/C14H21N3O/c1-16-5-7-17(8-6-16)11-9-13-12(3-4-15-13)14(10-11)18-2/h9-10,15H,3-8H2,1-2H3. The number of methoxy groups -OCH3 is 1. The summed E-state index contributed by atoms with van der Waals surface area (Å²) >= 11 is 0. The molecule has 0 saturated carbocycles. The average molecular weight is 247 g/mol. The summed E-state index contributed by atoms with van der Waals surface area (Å²) in [7, 11) is 3.95. The predicted octanol–water partition coefficient (Wildman–Crippen LogP) is 1.41. The summed E-state index contributed by atoms with van der Waals surface area (Å²) in [5.74, 6) is 1.03. The molecule has 0 radical (unpaired) electrons. The lowest BCUT2D eigenvalue weighted by molar-refractivity contribution is 0.312. The van der Waals surface area contributed by atoms with E-state index in [0.29, 0.717) is 0 Å². The monoisotopic (exact) mass is 247 g/mol. The molecule has 3 rings (SSSR count). The number of hydrogen-bond acceptors (Lipinski definition) is 4. The van der Waals surface area contributed by atoms with E-state index in [1.807, 2.05) is 0 Å². The topological polar surface area (TPSA) is 27.7 Å². The fourth-order valence-electron chi connectivity index (χ4n) is 2.80. The van der Waals surface area contributed by atoms with Gasteiger partial charge < -0.3 is 19.9 Å². The first-order chi connectivity index (χ1) is 8.78. The van der Waals surface area contributed by atoms with E-state index in [-0.39, 0.29) is 0 Å². The normalized spacial score (nSPS) is 19.6. The van der Waals surface area contributed by atoms with Crippen LogP contribution < -0.4 is 15.0 Å². The highest BCUT2D eigenvalue weighted by Crippen LogP contribution is 2.36. The molecular formula is C14H21N3O. The molecule has 1 aromatic rings. The molecule has 0 aliphatic carbocycles. The minimum Gasteiger partial charge on any atom is -0.496 e. The Balaban J connectivity index is 1.88. The van der Waals surface area contributed by atoms with Gasteiger partial charge in [0.05, 0.1) is 7.11 Å². The van der Waals surface area contributed by atoms with Crippen molar-refractivity contribution in [3.63, 3.8) is 0 Å². The van der Waals surface area contributed by atoms with E-state index < -0.39 is 0 Å². The SMILES string of the molecule is COc1cc(N2CCN(C)CC2)cc2c1CCN2. The predicted molar refractivity (Wildman–Crippen MR) is 74.9 cm³/mol. The summed E-state index contributed by atoms with van der Waals surface area (Å²) in [5, 5.41) is 3.45. The fraction of sp³-hybridized carbons (Fsp3) is 0.571. The second-order valence-electron chi connectivity index (χ2n) is 5.14. The Kier molecular flexibility index (Phi) is 3.04. The summed E-state index contributed by atoms with van der Waals surface area (Å²) in [6, 6.07) is 4.47. The van der Waals surface area contributed by atoms with Gasteiger partial charge in [0, 0.05) is 55.7 Å². The number of nitrogens with one attached hydrogen (secondary N) is 1. The van der Waals surface area contributed by atoms with E-state index >= 15 is 0 Å². The summed E-state index contributed by atoms with van der Waals surface area (Å²) in [4.78, 5) is 4.82. The molecule has 0 amide bonds. The van der Waals surface area contributed by atoms with Gasteiger partial charge in [-0.3, -0.25) is 0 Å². The van der Waals surface area contributed by atoms with Crippen molar-refractivity contribution in [3.8, 4) is 5.75 Å². The van der Waals surface area contributed by atoms with Crippen LogP contribution in [0, 0.1) is 0 Å². The first-order valence-electron chi connectivity index (χ1n) is 6.66. The van der Waals surface area contributed by atoms with Crippen LogP contribution in [-0.2, 0) is 6.42 Å². The number of likely N-dealkylation sites (N-methyl/N-ethyl adjacent to an activating group) is 1. The van der Waals surface area contributed by atoms with Gasteiger partial charge in [-0.25, -0.2) is 0 Å². The fourth-order valence-corrected chi connectivity index (χ4v) is 2.80. The Hall–Kier alpha value is -1.42. The largest absolute Gasteiger partial charge is 0.496 e. The summed E-state index contributed by atoms with van der Waals surface area (Å²) < 4.78 is 5.53. The Labute approximate surface area is 109 Å². The first-order valence-corrected chi connectivity index (χ1v) is 6.66. The van der Waals surface area contributed by atoms with Gasteiger partial charge in [0.2, 0.25) is 0 Å². The van der Waals surface area contributed by atoms with Crippen LogP contribution in [0.1, 0.15) is 5.56 Å². The Bertz CT molecular complexity index is 439. The zero-order valence-electron chi connectivity index (χ0n) is 11.2.